The number of rotatable bonds is 7. The number of fused-ring (bicyclic) bond motifs is 1. The summed E-state index contributed by atoms with van der Waals surface area (Å²) >= 11 is 6.53. The largest absolute Gasteiger partial charge is 0.490 e. The third-order valence-electron chi connectivity index (χ3n) is 4.96. The molecule has 3 aromatic carbocycles. The molecule has 0 aliphatic carbocycles. The first-order chi connectivity index (χ1) is 16.0. The molecule has 3 aromatic rings. The first kappa shape index (κ1) is 22.8. The van der Waals surface area contributed by atoms with Gasteiger partial charge >= 0.3 is 5.97 Å². The second-order valence-electron chi connectivity index (χ2n) is 7.14. The van der Waals surface area contributed by atoms with E-state index in [1.807, 2.05) is 43.3 Å². The van der Waals surface area contributed by atoms with Gasteiger partial charge in [-0.1, -0.05) is 72.5 Å². The summed E-state index contributed by atoms with van der Waals surface area (Å²) in [5, 5.41) is 1.78. The molecule has 0 aromatic heterocycles. The summed E-state index contributed by atoms with van der Waals surface area (Å²) in [7, 11) is 0. The molecule has 1 aliphatic rings. The molecule has 0 spiro atoms. The van der Waals surface area contributed by atoms with Crippen molar-refractivity contribution in [3.63, 3.8) is 0 Å². The molecule has 1 fully saturated rings. The minimum atomic E-state index is -0.467. The highest BCUT2D eigenvalue weighted by Gasteiger charge is 2.31. The second kappa shape index (κ2) is 10.0. The lowest BCUT2D eigenvalue weighted by atomic mass is 10.0. The van der Waals surface area contributed by atoms with E-state index in [0.29, 0.717) is 39.4 Å². The van der Waals surface area contributed by atoms with E-state index in [-0.39, 0.29) is 5.91 Å². The van der Waals surface area contributed by atoms with Crippen LogP contribution in [0.3, 0.4) is 0 Å². The molecular formula is C26H21NO4S2. The molecule has 0 radical (unpaired) electrons. The van der Waals surface area contributed by atoms with E-state index in [0.717, 1.165) is 16.3 Å². The summed E-state index contributed by atoms with van der Waals surface area (Å²) in [4.78, 5) is 27.6. The average molecular weight is 476 g/mol. The van der Waals surface area contributed by atoms with Gasteiger partial charge in [-0.3, -0.25) is 9.69 Å². The molecule has 33 heavy (non-hydrogen) atoms. The molecule has 5 nitrogen and oxygen atoms in total. The van der Waals surface area contributed by atoms with Crippen molar-refractivity contribution in [1.82, 2.24) is 4.90 Å². The number of ether oxygens (including phenoxy) is 2. The zero-order chi connectivity index (χ0) is 23.4. The molecule has 1 amide bonds. The van der Waals surface area contributed by atoms with Crippen molar-refractivity contribution < 1.29 is 19.1 Å². The Morgan fingerprint density at radius 3 is 2.70 bits per heavy atom. The van der Waals surface area contributed by atoms with Crippen LogP contribution in [0.5, 0.6) is 11.5 Å². The SMILES string of the molecule is C=CCN1C(=O)C(=Cc2ccc(OC(=O)c3cccc4ccccc34)c(OCC)c2)SC1=S. The lowest BCUT2D eigenvalue weighted by Crippen LogP contribution is -2.27. The Labute approximate surface area is 201 Å². The second-order valence-corrected chi connectivity index (χ2v) is 8.81. The van der Waals surface area contributed by atoms with Crippen LogP contribution in [0, 0.1) is 0 Å². The molecule has 7 heteroatoms. The van der Waals surface area contributed by atoms with Crippen LogP contribution in [-0.2, 0) is 4.79 Å². The van der Waals surface area contributed by atoms with Crippen LogP contribution in [0.4, 0.5) is 0 Å². The number of hydrogen-bond donors (Lipinski definition) is 0. The molecule has 166 valence electrons. The van der Waals surface area contributed by atoms with Crippen LogP contribution in [-0.4, -0.2) is 34.2 Å². The standard InChI is InChI=1S/C26H21NO4S2/c1-3-14-27-24(28)23(33-26(27)32)16-17-12-13-21(22(15-17)30-4-2)31-25(29)20-11-7-9-18-8-5-6-10-19(18)20/h3,5-13,15-16H,1,4,14H2,2H3. The van der Waals surface area contributed by atoms with Crippen LogP contribution in [0.25, 0.3) is 16.8 Å². The third kappa shape index (κ3) is 4.84. The highest BCUT2D eigenvalue weighted by molar-refractivity contribution is 8.26. The summed E-state index contributed by atoms with van der Waals surface area (Å²) in [5.41, 5.74) is 1.22. The van der Waals surface area contributed by atoms with Gasteiger partial charge in [-0.15, -0.1) is 6.58 Å². The summed E-state index contributed by atoms with van der Waals surface area (Å²) in [6, 6.07) is 18.4. The summed E-state index contributed by atoms with van der Waals surface area (Å²) < 4.78 is 11.9. The van der Waals surface area contributed by atoms with E-state index in [9.17, 15) is 9.59 Å². The zero-order valence-corrected chi connectivity index (χ0v) is 19.6. The number of nitrogens with zero attached hydrogens (tertiary/aromatic N) is 1. The number of carbonyl (C=O) groups is 2. The maximum absolute atomic E-state index is 13.0. The lowest BCUT2D eigenvalue weighted by Gasteiger charge is -2.12. The molecule has 1 aliphatic heterocycles. The van der Waals surface area contributed by atoms with Gasteiger partial charge in [-0.25, -0.2) is 4.79 Å². The molecule has 0 saturated carbocycles. The lowest BCUT2D eigenvalue weighted by molar-refractivity contribution is -0.121. The van der Waals surface area contributed by atoms with Gasteiger partial charge in [0.05, 0.1) is 17.1 Å². The smallest absolute Gasteiger partial charge is 0.344 e. The van der Waals surface area contributed by atoms with Gasteiger partial charge in [0, 0.05) is 6.54 Å². The minimum absolute atomic E-state index is 0.158. The van der Waals surface area contributed by atoms with Crippen molar-refractivity contribution in [2.75, 3.05) is 13.2 Å². The van der Waals surface area contributed by atoms with E-state index in [4.69, 9.17) is 21.7 Å². The van der Waals surface area contributed by atoms with Gasteiger partial charge in [0.1, 0.15) is 4.32 Å². The topological polar surface area (TPSA) is 55.8 Å². The molecule has 1 saturated heterocycles. The van der Waals surface area contributed by atoms with Gasteiger partial charge < -0.3 is 9.47 Å². The Balaban J connectivity index is 1.61. The van der Waals surface area contributed by atoms with Gasteiger partial charge in [0.2, 0.25) is 0 Å². The number of thiocarbonyl (C=S) groups is 1. The fraction of sp³-hybridized carbons (Fsp3) is 0.115. The van der Waals surface area contributed by atoms with Crippen molar-refractivity contribution >= 4 is 57.0 Å². The number of esters is 1. The predicted molar refractivity (Wildman–Crippen MR) is 137 cm³/mol. The summed E-state index contributed by atoms with van der Waals surface area (Å²) in [5.74, 6) is 0.104. The average Bonchev–Trinajstić information content (AvgIpc) is 3.08. The maximum atomic E-state index is 13.0. The number of benzene rings is 3. The Morgan fingerprint density at radius 1 is 1.12 bits per heavy atom. The van der Waals surface area contributed by atoms with Crippen molar-refractivity contribution in [2.45, 2.75) is 6.92 Å². The van der Waals surface area contributed by atoms with Crippen LogP contribution < -0.4 is 9.47 Å². The quantitative estimate of drug-likeness (QED) is 0.141. The predicted octanol–water partition coefficient (Wildman–Crippen LogP) is 5.84. The Kier molecular flexibility index (Phi) is 6.91. The fourth-order valence-electron chi connectivity index (χ4n) is 3.46. The number of carbonyl (C=O) groups excluding carboxylic acids is 2. The van der Waals surface area contributed by atoms with E-state index in [1.54, 1.807) is 36.4 Å². The van der Waals surface area contributed by atoms with E-state index >= 15 is 0 Å². The molecule has 1 heterocycles. The van der Waals surface area contributed by atoms with Crippen molar-refractivity contribution in [2.24, 2.45) is 0 Å². The van der Waals surface area contributed by atoms with Crippen molar-refractivity contribution in [3.05, 3.63) is 89.4 Å². The number of thioether (sulfide) groups is 1. The van der Waals surface area contributed by atoms with Crippen LogP contribution >= 0.6 is 24.0 Å². The molecular weight excluding hydrogens is 454 g/mol. The van der Waals surface area contributed by atoms with E-state index < -0.39 is 5.97 Å². The van der Waals surface area contributed by atoms with Gasteiger partial charge in [0.15, 0.2) is 11.5 Å². The minimum Gasteiger partial charge on any atom is -0.490 e. The highest BCUT2D eigenvalue weighted by atomic mass is 32.2. The van der Waals surface area contributed by atoms with Crippen molar-refractivity contribution in [3.8, 4) is 11.5 Å². The summed E-state index contributed by atoms with van der Waals surface area (Å²) in [6.45, 7) is 6.28. The third-order valence-corrected chi connectivity index (χ3v) is 6.34. The molecule has 0 bridgehead atoms. The molecule has 4 rings (SSSR count). The van der Waals surface area contributed by atoms with Crippen molar-refractivity contribution in [1.29, 1.82) is 0 Å². The Hall–Kier alpha value is -3.42. The monoisotopic (exact) mass is 475 g/mol. The maximum Gasteiger partial charge on any atom is 0.344 e. The van der Waals surface area contributed by atoms with E-state index in [1.165, 1.54) is 16.7 Å². The Morgan fingerprint density at radius 2 is 1.91 bits per heavy atom. The van der Waals surface area contributed by atoms with Gasteiger partial charge in [-0.2, -0.15) is 0 Å². The zero-order valence-electron chi connectivity index (χ0n) is 17.9. The molecule has 0 unspecified atom stereocenters. The molecule has 0 N–H and O–H groups in total. The fourth-order valence-corrected chi connectivity index (χ4v) is 4.74. The van der Waals surface area contributed by atoms with Gasteiger partial charge in [0.25, 0.3) is 5.91 Å². The van der Waals surface area contributed by atoms with Crippen LogP contribution in [0.2, 0.25) is 0 Å². The highest BCUT2D eigenvalue weighted by Crippen LogP contribution is 2.35. The normalized spacial score (nSPS) is 14.7. The summed E-state index contributed by atoms with van der Waals surface area (Å²) in [6.07, 6.45) is 3.39. The van der Waals surface area contributed by atoms with E-state index in [2.05, 4.69) is 6.58 Å². The first-order valence-electron chi connectivity index (χ1n) is 10.3. The van der Waals surface area contributed by atoms with Crippen LogP contribution in [0.15, 0.2) is 78.2 Å². The molecule has 0 atom stereocenters. The number of amides is 1. The van der Waals surface area contributed by atoms with Gasteiger partial charge in [-0.05, 0) is 47.5 Å². The Bertz CT molecular complexity index is 1290. The van der Waals surface area contributed by atoms with Crippen LogP contribution in [0.1, 0.15) is 22.8 Å². The first-order valence-corrected chi connectivity index (χ1v) is 11.6. The number of hydrogen-bond acceptors (Lipinski definition) is 6.